The van der Waals surface area contributed by atoms with Crippen molar-refractivity contribution in [3.05, 3.63) is 29.8 Å². The highest BCUT2D eigenvalue weighted by atomic mass is 16.1. The fourth-order valence-electron chi connectivity index (χ4n) is 1.94. The number of aryl methyl sites for hydroxylation is 1. The van der Waals surface area contributed by atoms with E-state index in [-0.39, 0.29) is 5.91 Å². The van der Waals surface area contributed by atoms with E-state index >= 15 is 0 Å². The van der Waals surface area contributed by atoms with Crippen LogP contribution in [0.5, 0.6) is 0 Å². The lowest BCUT2D eigenvalue weighted by Crippen LogP contribution is -2.31. The molecule has 0 heterocycles. The molecule has 1 aromatic rings. The van der Waals surface area contributed by atoms with E-state index in [4.69, 9.17) is 0 Å². The summed E-state index contributed by atoms with van der Waals surface area (Å²) in [5.41, 5.74) is 2.35. The van der Waals surface area contributed by atoms with E-state index in [0.717, 1.165) is 17.7 Å². The summed E-state index contributed by atoms with van der Waals surface area (Å²) in [6.07, 6.45) is 1.16. The molecule has 1 atom stereocenters. The highest BCUT2D eigenvalue weighted by molar-refractivity contribution is 5.92. The molecule has 1 aromatic carbocycles. The van der Waals surface area contributed by atoms with Crippen LogP contribution in [-0.4, -0.2) is 18.5 Å². The van der Waals surface area contributed by atoms with Gasteiger partial charge in [0.2, 0.25) is 5.91 Å². The molecule has 1 amide bonds. The molecule has 17 heavy (non-hydrogen) atoms. The summed E-state index contributed by atoms with van der Waals surface area (Å²) in [5, 5.41) is 6.19. The van der Waals surface area contributed by atoms with Crippen molar-refractivity contribution >= 4 is 11.6 Å². The Morgan fingerprint density at radius 2 is 2.06 bits per heavy atom. The maximum atomic E-state index is 11.7. The molecule has 3 nitrogen and oxygen atoms in total. The monoisotopic (exact) mass is 232 g/mol. The Morgan fingerprint density at radius 3 is 2.65 bits per heavy atom. The molecule has 1 saturated carbocycles. The fraction of sp³-hybridized carbons (Fsp3) is 0.500. The van der Waals surface area contributed by atoms with Gasteiger partial charge in [0, 0.05) is 11.7 Å². The molecule has 2 N–H and O–H groups in total. The lowest BCUT2D eigenvalue weighted by atomic mass is 10.2. The third-order valence-corrected chi connectivity index (χ3v) is 3.44. The molecule has 92 valence electrons. The second-order valence-electron chi connectivity index (χ2n) is 5.49. The fourth-order valence-corrected chi connectivity index (χ4v) is 1.94. The van der Waals surface area contributed by atoms with Crippen molar-refractivity contribution in [2.24, 2.45) is 5.41 Å². The van der Waals surface area contributed by atoms with E-state index in [1.807, 2.05) is 31.2 Å². The normalized spacial score (nSPS) is 21.0. The van der Waals surface area contributed by atoms with E-state index in [1.54, 1.807) is 0 Å². The molecule has 0 aliphatic heterocycles. The highest BCUT2D eigenvalue weighted by Gasteiger charge is 2.45. The van der Waals surface area contributed by atoms with Gasteiger partial charge >= 0.3 is 0 Å². The number of carbonyl (C=O) groups excluding carboxylic acids is 1. The maximum Gasteiger partial charge on any atom is 0.238 e. The summed E-state index contributed by atoms with van der Waals surface area (Å²) in [4.78, 5) is 11.7. The van der Waals surface area contributed by atoms with Crippen LogP contribution in [0.2, 0.25) is 0 Å². The van der Waals surface area contributed by atoms with Crippen LogP contribution in [0.1, 0.15) is 25.8 Å². The van der Waals surface area contributed by atoms with Gasteiger partial charge in [-0.05, 0) is 30.4 Å². The van der Waals surface area contributed by atoms with E-state index in [1.165, 1.54) is 0 Å². The summed E-state index contributed by atoms with van der Waals surface area (Å²) in [5.74, 6) is 0.0296. The number of hydrogen-bond acceptors (Lipinski definition) is 2. The lowest BCUT2D eigenvalue weighted by Gasteiger charge is -2.09. The second kappa shape index (κ2) is 4.49. The maximum absolute atomic E-state index is 11.7. The summed E-state index contributed by atoms with van der Waals surface area (Å²) < 4.78 is 0. The predicted octanol–water partition coefficient (Wildman–Crippen LogP) is 2.32. The number of amides is 1. The van der Waals surface area contributed by atoms with Crippen molar-refractivity contribution in [1.82, 2.24) is 5.32 Å². The van der Waals surface area contributed by atoms with Crippen molar-refractivity contribution in [2.75, 3.05) is 11.9 Å². The lowest BCUT2D eigenvalue weighted by molar-refractivity contribution is -0.115. The Balaban J connectivity index is 1.80. The summed E-state index contributed by atoms with van der Waals surface area (Å²) in [6.45, 7) is 6.81. The van der Waals surface area contributed by atoms with Gasteiger partial charge < -0.3 is 10.6 Å². The third-order valence-electron chi connectivity index (χ3n) is 3.44. The first-order valence-electron chi connectivity index (χ1n) is 6.08. The minimum absolute atomic E-state index is 0.0296. The first-order chi connectivity index (χ1) is 7.99. The van der Waals surface area contributed by atoms with E-state index in [9.17, 15) is 4.79 Å². The topological polar surface area (TPSA) is 41.1 Å². The molecule has 1 unspecified atom stereocenters. The third kappa shape index (κ3) is 3.07. The highest BCUT2D eigenvalue weighted by Crippen LogP contribution is 2.44. The number of hydrogen-bond donors (Lipinski definition) is 2. The molecule has 1 aliphatic rings. The van der Waals surface area contributed by atoms with Crippen LogP contribution < -0.4 is 10.6 Å². The van der Waals surface area contributed by atoms with Crippen LogP contribution in [0.15, 0.2) is 24.3 Å². The number of benzene rings is 1. The molecular formula is C14H20N2O. The Kier molecular flexibility index (Phi) is 3.20. The van der Waals surface area contributed by atoms with Gasteiger partial charge in [-0.3, -0.25) is 4.79 Å². The predicted molar refractivity (Wildman–Crippen MR) is 70.0 cm³/mol. The Morgan fingerprint density at radius 1 is 1.41 bits per heavy atom. The molecule has 2 rings (SSSR count). The van der Waals surface area contributed by atoms with Gasteiger partial charge in [-0.1, -0.05) is 32.0 Å². The number of carbonyl (C=O) groups is 1. The van der Waals surface area contributed by atoms with Crippen LogP contribution in [0.25, 0.3) is 0 Å². The van der Waals surface area contributed by atoms with Crippen molar-refractivity contribution in [1.29, 1.82) is 0 Å². The van der Waals surface area contributed by atoms with Gasteiger partial charge in [0.25, 0.3) is 0 Å². The Labute approximate surface area is 103 Å². The van der Waals surface area contributed by atoms with Crippen molar-refractivity contribution in [3.8, 4) is 0 Å². The average molecular weight is 232 g/mol. The first kappa shape index (κ1) is 12.1. The SMILES string of the molecule is Cc1ccccc1NC(=O)CNC1CC1(C)C. The van der Waals surface area contributed by atoms with Crippen molar-refractivity contribution in [3.63, 3.8) is 0 Å². The van der Waals surface area contributed by atoms with Crippen LogP contribution in [-0.2, 0) is 4.79 Å². The second-order valence-corrected chi connectivity index (χ2v) is 5.49. The standard InChI is InChI=1S/C14H20N2O/c1-10-6-4-5-7-11(10)16-13(17)9-15-12-8-14(12,2)3/h4-7,12,15H,8-9H2,1-3H3,(H,16,17). The van der Waals surface area contributed by atoms with Gasteiger partial charge in [0.15, 0.2) is 0 Å². The van der Waals surface area contributed by atoms with Crippen LogP contribution >= 0.6 is 0 Å². The smallest absolute Gasteiger partial charge is 0.238 e. The number of anilines is 1. The summed E-state index contributed by atoms with van der Waals surface area (Å²) in [7, 11) is 0. The molecule has 0 saturated heterocycles. The first-order valence-corrected chi connectivity index (χ1v) is 6.08. The molecule has 0 aromatic heterocycles. The van der Waals surface area contributed by atoms with E-state index < -0.39 is 0 Å². The molecule has 1 fully saturated rings. The number of nitrogens with one attached hydrogen (secondary N) is 2. The zero-order valence-electron chi connectivity index (χ0n) is 10.7. The zero-order chi connectivity index (χ0) is 12.5. The Hall–Kier alpha value is -1.35. The quantitative estimate of drug-likeness (QED) is 0.836. The zero-order valence-corrected chi connectivity index (χ0v) is 10.7. The molecule has 0 bridgehead atoms. The van der Waals surface area contributed by atoms with Gasteiger partial charge in [0.05, 0.1) is 6.54 Å². The van der Waals surface area contributed by atoms with Crippen molar-refractivity contribution < 1.29 is 4.79 Å². The van der Waals surface area contributed by atoms with Gasteiger partial charge in [-0.25, -0.2) is 0 Å². The minimum Gasteiger partial charge on any atom is -0.325 e. The van der Waals surface area contributed by atoms with Gasteiger partial charge in [0.1, 0.15) is 0 Å². The van der Waals surface area contributed by atoms with Crippen LogP contribution in [0.4, 0.5) is 5.69 Å². The number of rotatable bonds is 4. The van der Waals surface area contributed by atoms with Gasteiger partial charge in [-0.2, -0.15) is 0 Å². The molecule has 3 heteroatoms. The van der Waals surface area contributed by atoms with Crippen LogP contribution in [0, 0.1) is 12.3 Å². The van der Waals surface area contributed by atoms with Crippen LogP contribution in [0.3, 0.4) is 0 Å². The van der Waals surface area contributed by atoms with Gasteiger partial charge in [-0.15, -0.1) is 0 Å². The van der Waals surface area contributed by atoms with E-state index in [0.29, 0.717) is 18.0 Å². The van der Waals surface area contributed by atoms with E-state index in [2.05, 4.69) is 24.5 Å². The molecule has 0 spiro atoms. The Bertz CT molecular complexity index is 426. The largest absolute Gasteiger partial charge is 0.325 e. The average Bonchev–Trinajstić information content (AvgIpc) is 2.87. The molecule has 1 aliphatic carbocycles. The molecule has 0 radical (unpaired) electrons. The minimum atomic E-state index is 0.0296. The summed E-state index contributed by atoms with van der Waals surface area (Å²) in [6, 6.07) is 8.31. The summed E-state index contributed by atoms with van der Waals surface area (Å²) >= 11 is 0. The number of para-hydroxylation sites is 1. The molecular weight excluding hydrogens is 212 g/mol. The van der Waals surface area contributed by atoms with Crippen molar-refractivity contribution in [2.45, 2.75) is 33.2 Å².